The van der Waals surface area contributed by atoms with Gasteiger partial charge in [0.25, 0.3) is 5.83 Å². The predicted molar refractivity (Wildman–Crippen MR) is 31.9 cm³/mol. The number of alkyl halides is 5. The minimum absolute atomic E-state index is 0.142. The molecule has 0 aromatic heterocycles. The number of hydrogen-bond acceptors (Lipinski definition) is 1. The van der Waals surface area contributed by atoms with E-state index in [9.17, 15) is 35.1 Å². The number of ether oxygens (including phenoxy) is 1. The van der Waals surface area contributed by atoms with E-state index in [1.54, 1.807) is 0 Å². The smallest absolute Gasteiger partial charge is 0.247 e. The van der Waals surface area contributed by atoms with Crippen LogP contribution in [0.15, 0.2) is 11.9 Å². The second-order valence-corrected chi connectivity index (χ2v) is 2.37. The van der Waals surface area contributed by atoms with E-state index in [0.717, 1.165) is 0 Å². The third-order valence-electron chi connectivity index (χ3n) is 1.15. The van der Waals surface area contributed by atoms with E-state index in [2.05, 4.69) is 4.74 Å². The average molecular weight is 244 g/mol. The maximum absolute atomic E-state index is 12.2. The summed E-state index contributed by atoms with van der Waals surface area (Å²) in [5, 5.41) is 0. The first-order valence-corrected chi connectivity index (χ1v) is 3.32. The molecule has 0 aliphatic heterocycles. The molecule has 1 nitrogen and oxygen atoms in total. The molecule has 0 aromatic rings. The van der Waals surface area contributed by atoms with Gasteiger partial charge in [-0.25, -0.2) is 9.13 Å². The standard InChI is InChI=1S/C6H4F8O/c1-2(7)5(11,12)15-6(13,14)3(8)4(9)10/h2H,1H3. The number of rotatable bonds is 4. The lowest BCUT2D eigenvalue weighted by molar-refractivity contribution is -0.380. The van der Waals surface area contributed by atoms with Crippen molar-refractivity contribution < 1.29 is 39.9 Å². The minimum Gasteiger partial charge on any atom is -0.247 e. The molecule has 0 saturated carbocycles. The van der Waals surface area contributed by atoms with Gasteiger partial charge in [0.1, 0.15) is 0 Å². The molecular weight excluding hydrogens is 240 g/mol. The molecule has 0 aromatic carbocycles. The lowest BCUT2D eigenvalue weighted by Crippen LogP contribution is -2.39. The Bertz CT molecular complexity index is 254. The highest BCUT2D eigenvalue weighted by molar-refractivity contribution is 5.00. The second-order valence-electron chi connectivity index (χ2n) is 2.37. The zero-order valence-corrected chi connectivity index (χ0v) is 7.01. The van der Waals surface area contributed by atoms with E-state index in [4.69, 9.17) is 0 Å². The molecule has 90 valence electrons. The monoisotopic (exact) mass is 244 g/mol. The molecule has 0 aliphatic rings. The molecule has 15 heavy (non-hydrogen) atoms. The van der Waals surface area contributed by atoms with Crippen LogP contribution in [0.1, 0.15) is 6.92 Å². The summed E-state index contributed by atoms with van der Waals surface area (Å²) in [5.74, 6) is -3.48. The van der Waals surface area contributed by atoms with Crippen LogP contribution in [0.4, 0.5) is 35.1 Å². The topological polar surface area (TPSA) is 9.23 Å². The van der Waals surface area contributed by atoms with Crippen LogP contribution in [0.25, 0.3) is 0 Å². The molecule has 1 atom stereocenters. The van der Waals surface area contributed by atoms with Gasteiger partial charge >= 0.3 is 18.3 Å². The van der Waals surface area contributed by atoms with Gasteiger partial charge in [0.2, 0.25) is 0 Å². The second kappa shape index (κ2) is 4.33. The van der Waals surface area contributed by atoms with Crippen molar-refractivity contribution in [1.29, 1.82) is 0 Å². The van der Waals surface area contributed by atoms with E-state index >= 15 is 0 Å². The van der Waals surface area contributed by atoms with Gasteiger partial charge in [-0.15, -0.1) is 0 Å². The van der Waals surface area contributed by atoms with Crippen LogP contribution in [-0.4, -0.2) is 18.4 Å². The fraction of sp³-hybridized carbons (Fsp3) is 0.667. The molecular formula is C6H4F8O. The highest BCUT2D eigenvalue weighted by Gasteiger charge is 2.52. The summed E-state index contributed by atoms with van der Waals surface area (Å²) in [5.41, 5.74) is 0. The van der Waals surface area contributed by atoms with Gasteiger partial charge in [-0.2, -0.15) is 30.7 Å². The van der Waals surface area contributed by atoms with Crippen molar-refractivity contribution in [2.24, 2.45) is 0 Å². The van der Waals surface area contributed by atoms with Crippen molar-refractivity contribution in [2.75, 3.05) is 0 Å². The Morgan fingerprint density at radius 3 is 1.73 bits per heavy atom. The van der Waals surface area contributed by atoms with E-state index in [-0.39, 0.29) is 6.92 Å². The molecule has 0 fully saturated rings. The maximum atomic E-state index is 12.2. The molecule has 0 amide bonds. The predicted octanol–water partition coefficient (Wildman–Crippen LogP) is 3.62. The molecule has 0 rings (SSSR count). The molecule has 0 bridgehead atoms. The van der Waals surface area contributed by atoms with E-state index < -0.39 is 30.3 Å². The average Bonchev–Trinajstić information content (AvgIpc) is 2.00. The Morgan fingerprint density at radius 2 is 1.47 bits per heavy atom. The molecule has 0 spiro atoms. The molecule has 0 saturated heterocycles. The Morgan fingerprint density at radius 1 is 1.07 bits per heavy atom. The largest absolute Gasteiger partial charge is 0.419 e. The van der Waals surface area contributed by atoms with Gasteiger partial charge in [0.05, 0.1) is 0 Å². The molecule has 1 unspecified atom stereocenters. The minimum atomic E-state index is -5.58. The summed E-state index contributed by atoms with van der Waals surface area (Å²) in [6.07, 6.45) is -17.4. The SMILES string of the molecule is CC(F)C(F)(F)OC(F)(F)C(F)=C(F)F. The first-order chi connectivity index (χ1) is 6.50. The van der Waals surface area contributed by atoms with Crippen molar-refractivity contribution in [3.8, 4) is 0 Å². The van der Waals surface area contributed by atoms with Crippen LogP contribution >= 0.6 is 0 Å². The highest BCUT2D eigenvalue weighted by Crippen LogP contribution is 2.37. The van der Waals surface area contributed by atoms with Crippen LogP contribution in [0.5, 0.6) is 0 Å². The molecule has 0 aliphatic carbocycles. The molecule has 9 heteroatoms. The van der Waals surface area contributed by atoms with Gasteiger partial charge in [-0.05, 0) is 6.92 Å². The van der Waals surface area contributed by atoms with Crippen LogP contribution in [0.3, 0.4) is 0 Å². The first-order valence-electron chi connectivity index (χ1n) is 3.32. The van der Waals surface area contributed by atoms with Gasteiger partial charge in [0, 0.05) is 0 Å². The van der Waals surface area contributed by atoms with Crippen molar-refractivity contribution in [3.63, 3.8) is 0 Å². The fourth-order valence-corrected chi connectivity index (χ4v) is 0.407. The van der Waals surface area contributed by atoms with Crippen LogP contribution in [-0.2, 0) is 4.74 Å². The van der Waals surface area contributed by atoms with E-state index in [1.165, 1.54) is 0 Å². The maximum Gasteiger partial charge on any atom is 0.419 e. The Kier molecular flexibility index (Phi) is 4.08. The van der Waals surface area contributed by atoms with E-state index in [1.807, 2.05) is 0 Å². The third kappa shape index (κ3) is 3.65. The zero-order chi connectivity index (χ0) is 12.4. The van der Waals surface area contributed by atoms with Crippen LogP contribution in [0.2, 0.25) is 0 Å². The number of hydrogen-bond donors (Lipinski definition) is 0. The quantitative estimate of drug-likeness (QED) is 0.686. The summed E-state index contributed by atoms with van der Waals surface area (Å²) in [4.78, 5) is 0. The van der Waals surface area contributed by atoms with Gasteiger partial charge < -0.3 is 0 Å². The van der Waals surface area contributed by atoms with E-state index in [0.29, 0.717) is 0 Å². The molecule has 0 N–H and O–H groups in total. The van der Waals surface area contributed by atoms with Crippen molar-refractivity contribution in [3.05, 3.63) is 11.9 Å². The lowest BCUT2D eigenvalue weighted by atomic mass is 10.4. The third-order valence-corrected chi connectivity index (χ3v) is 1.15. The summed E-state index contributed by atoms with van der Waals surface area (Å²) in [6, 6.07) is 0. The molecule has 0 radical (unpaired) electrons. The first kappa shape index (κ1) is 14.1. The van der Waals surface area contributed by atoms with Gasteiger partial charge in [-0.1, -0.05) is 0 Å². The zero-order valence-electron chi connectivity index (χ0n) is 7.01. The Labute approximate surface area is 78.3 Å². The fourth-order valence-electron chi connectivity index (χ4n) is 0.407. The van der Waals surface area contributed by atoms with Crippen molar-refractivity contribution in [2.45, 2.75) is 25.3 Å². The van der Waals surface area contributed by atoms with Crippen LogP contribution < -0.4 is 0 Å². The van der Waals surface area contributed by atoms with Gasteiger partial charge in [-0.3, -0.25) is 0 Å². The van der Waals surface area contributed by atoms with Gasteiger partial charge in [0.15, 0.2) is 6.17 Å². The summed E-state index contributed by atoms with van der Waals surface area (Å²) in [7, 11) is 0. The van der Waals surface area contributed by atoms with Crippen molar-refractivity contribution >= 4 is 0 Å². The van der Waals surface area contributed by atoms with Crippen LogP contribution in [0, 0.1) is 0 Å². The highest BCUT2D eigenvalue weighted by atomic mass is 19.3. The summed E-state index contributed by atoms with van der Waals surface area (Å²) < 4.78 is 97.4. The lowest BCUT2D eigenvalue weighted by Gasteiger charge is -2.22. The molecule has 0 heterocycles. The summed E-state index contributed by atoms with van der Waals surface area (Å²) >= 11 is 0. The Balaban J connectivity index is 4.88. The normalized spacial score (nSPS) is 15.0. The summed E-state index contributed by atoms with van der Waals surface area (Å²) in [6.45, 7) is 0.142. The van der Waals surface area contributed by atoms with Crippen molar-refractivity contribution in [1.82, 2.24) is 0 Å². The Hall–Kier alpha value is -0.860. The number of halogens is 8.